The molecule has 2 aromatic carbocycles. The summed E-state index contributed by atoms with van der Waals surface area (Å²) >= 11 is 0. The van der Waals surface area contributed by atoms with Crippen molar-refractivity contribution < 1.29 is 14.6 Å². The Bertz CT molecular complexity index is 1300. The van der Waals surface area contributed by atoms with Crippen molar-refractivity contribution in [3.63, 3.8) is 0 Å². The number of aliphatic hydroxyl groups is 1. The first-order valence-electron chi connectivity index (χ1n) is 9.82. The van der Waals surface area contributed by atoms with Crippen LogP contribution >= 0.6 is 0 Å². The summed E-state index contributed by atoms with van der Waals surface area (Å²) in [7, 11) is 3.07. The molecule has 2 aromatic heterocycles. The largest absolute Gasteiger partial charge is 0.493 e. The molecule has 0 bridgehead atoms. The highest BCUT2D eigenvalue weighted by atomic mass is 16.5. The van der Waals surface area contributed by atoms with Crippen molar-refractivity contribution in [3.8, 4) is 22.8 Å². The van der Waals surface area contributed by atoms with Gasteiger partial charge in [0, 0.05) is 24.2 Å². The van der Waals surface area contributed by atoms with Crippen molar-refractivity contribution in [1.82, 2.24) is 15.0 Å². The molecule has 4 aromatic rings. The average Bonchev–Trinajstić information content (AvgIpc) is 2.78. The first-order chi connectivity index (χ1) is 15.0. The van der Waals surface area contributed by atoms with E-state index in [1.54, 1.807) is 25.4 Å². The maximum Gasteiger partial charge on any atom is 0.258 e. The van der Waals surface area contributed by atoms with Crippen LogP contribution in [0.4, 0.5) is 0 Å². The molecule has 158 valence electrons. The topological polar surface area (TPSA) is 97.3 Å². The minimum atomic E-state index is -0.234. The summed E-state index contributed by atoms with van der Waals surface area (Å²) in [6.45, 7) is 1.98. The standard InChI is InChI=1S/C24H23N3O4/c1-14-6-16(13-28)8-17(7-14)19-5-4-15(12-25-19)9-23-26-20-11-22(31-3)21(30-2)10-18(20)24(29)27-23/h4-8,10-12,28H,9,13H2,1-3H3,(H,26,27,29). The summed E-state index contributed by atoms with van der Waals surface area (Å²) in [4.78, 5) is 24.5. The molecule has 0 fully saturated rings. The monoisotopic (exact) mass is 417 g/mol. The molecule has 0 aliphatic rings. The highest BCUT2D eigenvalue weighted by Gasteiger charge is 2.12. The SMILES string of the molecule is COc1cc2nc(Cc3ccc(-c4cc(C)cc(CO)c4)nc3)[nH]c(=O)c2cc1OC. The Morgan fingerprint density at radius 3 is 2.45 bits per heavy atom. The average molecular weight is 417 g/mol. The number of aryl methyl sites for hydroxylation is 1. The number of hydrogen-bond donors (Lipinski definition) is 2. The number of benzene rings is 2. The minimum absolute atomic E-state index is 0.00950. The van der Waals surface area contributed by atoms with E-state index in [4.69, 9.17) is 9.47 Å². The Morgan fingerprint density at radius 1 is 1.00 bits per heavy atom. The third-order valence-electron chi connectivity index (χ3n) is 5.07. The van der Waals surface area contributed by atoms with Crippen molar-refractivity contribution in [3.05, 3.63) is 81.5 Å². The van der Waals surface area contributed by atoms with Crippen molar-refractivity contribution in [2.75, 3.05) is 14.2 Å². The summed E-state index contributed by atoms with van der Waals surface area (Å²) in [5.41, 5.74) is 4.91. The lowest BCUT2D eigenvalue weighted by Crippen LogP contribution is -2.12. The molecule has 7 nitrogen and oxygen atoms in total. The predicted octanol–water partition coefficient (Wildman–Crippen LogP) is 3.39. The van der Waals surface area contributed by atoms with E-state index in [1.165, 1.54) is 7.11 Å². The summed E-state index contributed by atoms with van der Waals surface area (Å²) in [5.74, 6) is 1.54. The second kappa shape index (κ2) is 8.57. The van der Waals surface area contributed by atoms with E-state index in [1.807, 2.05) is 37.3 Å². The van der Waals surface area contributed by atoms with Gasteiger partial charge in [-0.15, -0.1) is 0 Å². The first-order valence-corrected chi connectivity index (χ1v) is 9.82. The van der Waals surface area contributed by atoms with Crippen LogP contribution < -0.4 is 15.0 Å². The smallest absolute Gasteiger partial charge is 0.258 e. The van der Waals surface area contributed by atoms with E-state index < -0.39 is 0 Å². The van der Waals surface area contributed by atoms with Crippen LogP contribution in [0.3, 0.4) is 0 Å². The van der Waals surface area contributed by atoms with Crippen LogP contribution in [-0.4, -0.2) is 34.3 Å². The van der Waals surface area contributed by atoms with Gasteiger partial charge in [-0.2, -0.15) is 0 Å². The number of pyridine rings is 1. The number of aromatic amines is 1. The van der Waals surface area contributed by atoms with Gasteiger partial charge in [0.15, 0.2) is 11.5 Å². The highest BCUT2D eigenvalue weighted by molar-refractivity contribution is 5.81. The number of rotatable bonds is 6. The number of methoxy groups -OCH3 is 2. The maximum atomic E-state index is 12.6. The van der Waals surface area contributed by atoms with Crippen LogP contribution in [0.5, 0.6) is 11.5 Å². The van der Waals surface area contributed by atoms with Crippen LogP contribution in [0, 0.1) is 6.92 Å². The number of aromatic nitrogens is 3. The molecule has 0 aliphatic carbocycles. The van der Waals surface area contributed by atoms with E-state index in [0.717, 1.165) is 27.9 Å². The number of H-pyrrole nitrogens is 1. The van der Waals surface area contributed by atoms with Gasteiger partial charge in [0.1, 0.15) is 5.82 Å². The van der Waals surface area contributed by atoms with Crippen molar-refractivity contribution in [2.45, 2.75) is 20.0 Å². The van der Waals surface area contributed by atoms with Crippen LogP contribution in [0.25, 0.3) is 22.2 Å². The van der Waals surface area contributed by atoms with Crippen LogP contribution in [-0.2, 0) is 13.0 Å². The minimum Gasteiger partial charge on any atom is -0.493 e. The predicted molar refractivity (Wildman–Crippen MR) is 119 cm³/mol. The lowest BCUT2D eigenvalue weighted by Gasteiger charge is -2.10. The molecule has 0 radical (unpaired) electrons. The molecule has 2 heterocycles. The molecule has 0 amide bonds. The molecule has 0 spiro atoms. The molecule has 2 N–H and O–H groups in total. The number of fused-ring (bicyclic) bond motifs is 1. The van der Waals surface area contributed by atoms with Gasteiger partial charge in [-0.1, -0.05) is 17.7 Å². The van der Waals surface area contributed by atoms with Gasteiger partial charge in [-0.3, -0.25) is 9.78 Å². The van der Waals surface area contributed by atoms with E-state index in [0.29, 0.717) is 34.6 Å². The summed E-state index contributed by atoms with van der Waals surface area (Å²) in [5, 5.41) is 9.87. The third kappa shape index (κ3) is 4.27. The number of nitrogens with one attached hydrogen (secondary N) is 1. The number of hydrogen-bond acceptors (Lipinski definition) is 6. The summed E-state index contributed by atoms with van der Waals surface area (Å²) < 4.78 is 10.6. The van der Waals surface area contributed by atoms with Crippen molar-refractivity contribution in [2.24, 2.45) is 0 Å². The molecule has 7 heteroatoms. The molecule has 31 heavy (non-hydrogen) atoms. The van der Waals surface area contributed by atoms with Crippen LogP contribution in [0.1, 0.15) is 22.5 Å². The molecule has 4 rings (SSSR count). The van der Waals surface area contributed by atoms with Gasteiger partial charge in [-0.05, 0) is 42.3 Å². The van der Waals surface area contributed by atoms with Crippen molar-refractivity contribution in [1.29, 1.82) is 0 Å². The Kier molecular flexibility index (Phi) is 5.68. The molecule has 0 saturated heterocycles. The normalized spacial score (nSPS) is 11.0. The lowest BCUT2D eigenvalue weighted by atomic mass is 10.0. The van der Waals surface area contributed by atoms with E-state index in [-0.39, 0.29) is 12.2 Å². The Labute approximate surface area is 179 Å². The fraction of sp³-hybridized carbons (Fsp3) is 0.208. The van der Waals surface area contributed by atoms with Gasteiger partial charge in [0.2, 0.25) is 0 Å². The molecular weight excluding hydrogens is 394 g/mol. The molecule has 0 atom stereocenters. The molecular formula is C24H23N3O4. The fourth-order valence-corrected chi connectivity index (χ4v) is 3.59. The molecule has 0 unspecified atom stereocenters. The van der Waals surface area contributed by atoms with E-state index >= 15 is 0 Å². The number of aliphatic hydroxyl groups excluding tert-OH is 1. The zero-order valence-corrected chi connectivity index (χ0v) is 17.6. The van der Waals surface area contributed by atoms with Gasteiger partial charge >= 0.3 is 0 Å². The van der Waals surface area contributed by atoms with Crippen molar-refractivity contribution >= 4 is 10.9 Å². The zero-order chi connectivity index (χ0) is 22.0. The van der Waals surface area contributed by atoms with Gasteiger partial charge in [-0.25, -0.2) is 4.98 Å². The molecule has 0 saturated carbocycles. The number of nitrogens with zero attached hydrogens (tertiary/aromatic N) is 2. The first kappa shape index (κ1) is 20.6. The van der Waals surface area contributed by atoms with Gasteiger partial charge in [0.05, 0.1) is 37.4 Å². The maximum absolute atomic E-state index is 12.6. The fourth-order valence-electron chi connectivity index (χ4n) is 3.59. The van der Waals surface area contributed by atoms with Crippen LogP contribution in [0.15, 0.2) is 53.5 Å². The van der Waals surface area contributed by atoms with Crippen LogP contribution in [0.2, 0.25) is 0 Å². The summed E-state index contributed by atoms with van der Waals surface area (Å²) in [6, 6.07) is 13.1. The van der Waals surface area contributed by atoms with Gasteiger partial charge in [0.25, 0.3) is 5.56 Å². The molecule has 0 aliphatic heterocycles. The summed E-state index contributed by atoms with van der Waals surface area (Å²) in [6.07, 6.45) is 2.21. The second-order valence-electron chi connectivity index (χ2n) is 7.33. The third-order valence-corrected chi connectivity index (χ3v) is 5.07. The number of ether oxygens (including phenoxy) is 2. The zero-order valence-electron chi connectivity index (χ0n) is 17.6. The second-order valence-corrected chi connectivity index (χ2v) is 7.33. The highest BCUT2D eigenvalue weighted by Crippen LogP contribution is 2.30. The van der Waals surface area contributed by atoms with E-state index in [9.17, 15) is 9.90 Å². The van der Waals surface area contributed by atoms with Gasteiger partial charge < -0.3 is 19.6 Å². The van der Waals surface area contributed by atoms with E-state index in [2.05, 4.69) is 15.0 Å². The Balaban J connectivity index is 1.63. The quantitative estimate of drug-likeness (QED) is 0.499. The Morgan fingerprint density at radius 2 is 1.77 bits per heavy atom. The Hall–Kier alpha value is -3.71. The lowest BCUT2D eigenvalue weighted by molar-refractivity contribution is 0.282.